The molecular formula is C29H27NO9. The topological polar surface area (TPSA) is 150 Å². The lowest BCUT2D eigenvalue weighted by Gasteiger charge is -2.29. The number of benzene rings is 3. The second-order valence-corrected chi connectivity index (χ2v) is 9.19. The van der Waals surface area contributed by atoms with Crippen molar-refractivity contribution < 1.29 is 39.1 Å². The highest BCUT2D eigenvalue weighted by Gasteiger charge is 2.32. The second-order valence-electron chi connectivity index (χ2n) is 9.19. The summed E-state index contributed by atoms with van der Waals surface area (Å²) in [5, 5.41) is 42.6. The van der Waals surface area contributed by atoms with Crippen LogP contribution >= 0.6 is 0 Å². The molecule has 2 heterocycles. The van der Waals surface area contributed by atoms with Crippen molar-refractivity contribution >= 4 is 16.9 Å². The molecule has 0 radical (unpaired) electrons. The molecule has 1 saturated heterocycles. The van der Waals surface area contributed by atoms with E-state index in [1.807, 2.05) is 0 Å². The van der Waals surface area contributed by atoms with Crippen molar-refractivity contribution in [2.75, 3.05) is 33.4 Å². The summed E-state index contributed by atoms with van der Waals surface area (Å²) in [6.45, 7) is 1.51. The van der Waals surface area contributed by atoms with Gasteiger partial charge in [0.2, 0.25) is 11.7 Å². The number of fused-ring (bicyclic) bond motifs is 1. The Bertz CT molecular complexity index is 1590. The largest absolute Gasteiger partial charge is 0.504 e. The van der Waals surface area contributed by atoms with Crippen molar-refractivity contribution in [1.82, 2.24) is 4.90 Å². The van der Waals surface area contributed by atoms with Crippen LogP contribution in [0.3, 0.4) is 0 Å². The van der Waals surface area contributed by atoms with Gasteiger partial charge in [-0.05, 0) is 17.7 Å². The van der Waals surface area contributed by atoms with Crippen LogP contribution in [0.5, 0.6) is 28.7 Å². The summed E-state index contributed by atoms with van der Waals surface area (Å²) >= 11 is 0. The van der Waals surface area contributed by atoms with Gasteiger partial charge in [-0.3, -0.25) is 9.59 Å². The number of nitrogens with zero attached hydrogens (tertiary/aromatic N) is 1. The Hall–Kier alpha value is -4.70. The van der Waals surface area contributed by atoms with Crippen LogP contribution in [0.2, 0.25) is 0 Å². The zero-order valence-electron chi connectivity index (χ0n) is 21.1. The quantitative estimate of drug-likeness (QED) is 0.272. The summed E-state index contributed by atoms with van der Waals surface area (Å²) < 4.78 is 16.6. The van der Waals surface area contributed by atoms with Crippen LogP contribution in [0.25, 0.3) is 22.3 Å². The van der Waals surface area contributed by atoms with Crippen molar-refractivity contribution in [3.8, 4) is 40.1 Å². The zero-order chi connectivity index (χ0) is 27.7. The van der Waals surface area contributed by atoms with Gasteiger partial charge in [0.25, 0.3) is 0 Å². The van der Waals surface area contributed by atoms with Crippen molar-refractivity contribution in [3.05, 3.63) is 75.9 Å². The average molecular weight is 534 g/mol. The van der Waals surface area contributed by atoms with Gasteiger partial charge in [-0.2, -0.15) is 0 Å². The normalized spacial score (nSPS) is 14.3. The minimum absolute atomic E-state index is 0.0821. The highest BCUT2D eigenvalue weighted by molar-refractivity contribution is 5.94. The number of aromatic hydroxyl groups is 4. The highest BCUT2D eigenvalue weighted by atomic mass is 16.5. The van der Waals surface area contributed by atoms with Crippen LogP contribution in [0.4, 0.5) is 0 Å². The molecule has 4 N–H and O–H groups in total. The van der Waals surface area contributed by atoms with Gasteiger partial charge in [-0.25, -0.2) is 0 Å². The van der Waals surface area contributed by atoms with Crippen LogP contribution in [-0.2, 0) is 9.53 Å². The third kappa shape index (κ3) is 4.82. The molecule has 10 heteroatoms. The molecule has 1 atom stereocenters. The molecule has 0 bridgehead atoms. The molecule has 0 spiro atoms. The molecule has 4 aromatic rings. The summed E-state index contributed by atoms with van der Waals surface area (Å²) in [6, 6.07) is 14.4. The van der Waals surface area contributed by atoms with Gasteiger partial charge in [0.1, 0.15) is 16.7 Å². The zero-order valence-corrected chi connectivity index (χ0v) is 21.1. The number of hydrogen-bond acceptors (Lipinski definition) is 9. The van der Waals surface area contributed by atoms with Gasteiger partial charge in [-0.1, -0.05) is 36.4 Å². The third-order valence-electron chi connectivity index (χ3n) is 6.89. The molecule has 1 amide bonds. The minimum Gasteiger partial charge on any atom is -0.504 e. The van der Waals surface area contributed by atoms with Gasteiger partial charge in [0.15, 0.2) is 28.4 Å². The average Bonchev–Trinajstić information content (AvgIpc) is 2.96. The summed E-state index contributed by atoms with van der Waals surface area (Å²) in [6.07, 6.45) is -0.210. The number of methoxy groups -OCH3 is 1. The Labute approximate surface area is 222 Å². The summed E-state index contributed by atoms with van der Waals surface area (Å²) in [5.41, 5.74) is 0.0208. The van der Waals surface area contributed by atoms with Crippen LogP contribution in [0.15, 0.2) is 63.8 Å². The highest BCUT2D eigenvalue weighted by Crippen LogP contribution is 2.50. The lowest BCUT2D eigenvalue weighted by molar-refractivity contribution is -0.135. The van der Waals surface area contributed by atoms with Crippen LogP contribution in [0.1, 0.15) is 23.5 Å². The van der Waals surface area contributed by atoms with Crippen LogP contribution < -0.4 is 10.2 Å². The molecule has 0 unspecified atom stereocenters. The fraction of sp³-hybridized carbons (Fsp3) is 0.241. The summed E-state index contributed by atoms with van der Waals surface area (Å²) in [4.78, 5) is 28.2. The molecule has 1 aromatic heterocycles. The van der Waals surface area contributed by atoms with Gasteiger partial charge < -0.3 is 39.2 Å². The van der Waals surface area contributed by atoms with E-state index < -0.39 is 28.6 Å². The molecule has 202 valence electrons. The first-order chi connectivity index (χ1) is 18.8. The molecule has 1 aliphatic heterocycles. The number of amides is 1. The van der Waals surface area contributed by atoms with E-state index >= 15 is 0 Å². The first-order valence-corrected chi connectivity index (χ1v) is 12.3. The van der Waals surface area contributed by atoms with Crippen molar-refractivity contribution in [2.45, 2.75) is 12.3 Å². The maximum Gasteiger partial charge on any atom is 0.223 e. The number of morpholine rings is 1. The van der Waals surface area contributed by atoms with E-state index in [1.54, 1.807) is 41.3 Å². The molecular weight excluding hydrogens is 506 g/mol. The first-order valence-electron chi connectivity index (χ1n) is 12.3. The molecule has 1 fully saturated rings. The smallest absolute Gasteiger partial charge is 0.223 e. The maximum atomic E-state index is 13.4. The Morgan fingerprint density at radius 1 is 0.974 bits per heavy atom. The maximum absolute atomic E-state index is 13.4. The summed E-state index contributed by atoms with van der Waals surface area (Å²) in [7, 11) is 1.39. The molecule has 0 aliphatic carbocycles. The fourth-order valence-corrected chi connectivity index (χ4v) is 4.87. The number of ether oxygens (including phenoxy) is 2. The predicted octanol–water partition coefficient (Wildman–Crippen LogP) is 3.67. The monoisotopic (exact) mass is 533 g/mol. The van der Waals surface area contributed by atoms with Crippen LogP contribution in [0, 0.1) is 0 Å². The summed E-state index contributed by atoms with van der Waals surface area (Å²) in [5.74, 6) is -3.64. The second kappa shape index (κ2) is 10.6. The Morgan fingerprint density at radius 2 is 1.69 bits per heavy atom. The van der Waals surface area contributed by atoms with Gasteiger partial charge >= 0.3 is 0 Å². The number of carbonyl (C=O) groups is 1. The van der Waals surface area contributed by atoms with Crippen LogP contribution in [-0.4, -0.2) is 64.6 Å². The number of hydrogen-bond donors (Lipinski definition) is 4. The van der Waals surface area contributed by atoms with Crippen molar-refractivity contribution in [1.29, 1.82) is 0 Å². The van der Waals surface area contributed by atoms with E-state index in [0.717, 1.165) is 0 Å². The van der Waals surface area contributed by atoms with Gasteiger partial charge in [0.05, 0.1) is 20.3 Å². The number of rotatable bonds is 6. The molecule has 5 rings (SSSR count). The lowest BCUT2D eigenvalue weighted by Crippen LogP contribution is -2.41. The molecule has 39 heavy (non-hydrogen) atoms. The lowest BCUT2D eigenvalue weighted by atomic mass is 9.85. The molecule has 0 saturated carbocycles. The molecule has 10 nitrogen and oxygen atoms in total. The standard InChI is InChI=1S/C29H27NO9/c1-37-21-8-7-17(13-19(21)31)18(14-23(33)30-9-11-38-12-10-30)24-26(34)28(36)27(35)25-20(32)15-22(39-29(24)25)16-5-3-2-4-6-16/h2-8,13,15,18,31,34-36H,9-12,14H2,1H3/t18-/m0/s1. The molecule has 1 aliphatic rings. The van der Waals surface area contributed by atoms with Crippen molar-refractivity contribution in [3.63, 3.8) is 0 Å². The van der Waals surface area contributed by atoms with Gasteiger partial charge in [-0.15, -0.1) is 0 Å². The van der Waals surface area contributed by atoms with Gasteiger partial charge in [0, 0.05) is 42.6 Å². The number of phenolic OH excluding ortho intramolecular Hbond substituents is 4. The molecule has 3 aromatic carbocycles. The number of carbonyl (C=O) groups excluding carboxylic acids is 1. The Morgan fingerprint density at radius 3 is 2.36 bits per heavy atom. The fourth-order valence-electron chi connectivity index (χ4n) is 4.87. The minimum atomic E-state index is -1.000. The number of phenols is 4. The van der Waals surface area contributed by atoms with E-state index in [4.69, 9.17) is 13.9 Å². The van der Waals surface area contributed by atoms with E-state index in [-0.39, 0.29) is 46.1 Å². The van der Waals surface area contributed by atoms with E-state index in [0.29, 0.717) is 37.4 Å². The predicted molar refractivity (Wildman–Crippen MR) is 141 cm³/mol. The Balaban J connectivity index is 1.77. The Kier molecular flexibility index (Phi) is 7.03. The van der Waals surface area contributed by atoms with E-state index in [1.165, 1.54) is 25.3 Å². The van der Waals surface area contributed by atoms with E-state index in [2.05, 4.69) is 0 Å². The third-order valence-corrected chi connectivity index (χ3v) is 6.89. The first kappa shape index (κ1) is 25.9. The SMILES string of the molecule is COc1ccc([C@H](CC(=O)N2CCOCC2)c2c(O)c(O)c(O)c3c(=O)cc(-c4ccccc4)oc23)cc1O. The van der Waals surface area contributed by atoms with Crippen molar-refractivity contribution in [2.24, 2.45) is 0 Å². The van der Waals surface area contributed by atoms with E-state index in [9.17, 15) is 30.0 Å².